The van der Waals surface area contributed by atoms with Crippen LogP contribution >= 0.6 is 0 Å². The molecule has 3 heterocycles. The van der Waals surface area contributed by atoms with Gasteiger partial charge in [-0.1, -0.05) is 30.3 Å². The Morgan fingerprint density at radius 1 is 0.957 bits per heavy atom. The van der Waals surface area contributed by atoms with E-state index in [9.17, 15) is 4.79 Å². The first kappa shape index (κ1) is 15.2. The Labute approximate surface area is 137 Å². The van der Waals surface area contributed by atoms with Gasteiger partial charge in [-0.2, -0.15) is 0 Å². The molecule has 3 aliphatic rings. The smallest absolute Gasteiger partial charge is 0.233 e. The fraction of sp³-hybridized carbons (Fsp3) is 0.632. The fourth-order valence-corrected chi connectivity index (χ4v) is 4.49. The molecule has 0 aromatic heterocycles. The molecule has 0 N–H and O–H groups in total. The highest BCUT2D eigenvalue weighted by Crippen LogP contribution is 2.42. The van der Waals surface area contributed by atoms with E-state index in [-0.39, 0.29) is 5.41 Å². The summed E-state index contributed by atoms with van der Waals surface area (Å²) in [4.78, 5) is 15.6. The highest BCUT2D eigenvalue weighted by Gasteiger charge is 2.49. The van der Waals surface area contributed by atoms with E-state index in [0.717, 1.165) is 57.6 Å². The van der Waals surface area contributed by atoms with Crippen molar-refractivity contribution in [2.45, 2.75) is 31.1 Å². The summed E-state index contributed by atoms with van der Waals surface area (Å²) in [7, 11) is 0. The number of amides is 1. The maximum atomic E-state index is 13.5. The summed E-state index contributed by atoms with van der Waals surface area (Å²) in [5.74, 6) is 0.302. The van der Waals surface area contributed by atoms with Crippen LogP contribution in [0.25, 0.3) is 0 Å². The van der Waals surface area contributed by atoms with Gasteiger partial charge in [0.25, 0.3) is 0 Å². The lowest BCUT2D eigenvalue weighted by Crippen LogP contribution is -2.49. The highest BCUT2D eigenvalue weighted by molar-refractivity contribution is 5.88. The number of carbonyl (C=O) groups excluding carboxylic acids is 1. The summed E-state index contributed by atoms with van der Waals surface area (Å²) in [5, 5.41) is 0. The lowest BCUT2D eigenvalue weighted by atomic mass is 9.73. The Balaban J connectivity index is 1.61. The molecule has 4 rings (SSSR count). The minimum absolute atomic E-state index is 0.221. The maximum Gasteiger partial charge on any atom is 0.233 e. The van der Waals surface area contributed by atoms with Gasteiger partial charge in [0.05, 0.1) is 12.0 Å². The van der Waals surface area contributed by atoms with Crippen LogP contribution in [0.15, 0.2) is 30.3 Å². The van der Waals surface area contributed by atoms with Crippen molar-refractivity contribution in [3.05, 3.63) is 35.9 Å². The fourth-order valence-electron chi connectivity index (χ4n) is 4.49. The molecule has 4 heteroatoms. The van der Waals surface area contributed by atoms with Gasteiger partial charge in [0.15, 0.2) is 0 Å². The monoisotopic (exact) mass is 315 g/mol. The summed E-state index contributed by atoms with van der Waals surface area (Å²) in [6.07, 6.45) is 3.75. The van der Waals surface area contributed by atoms with Gasteiger partial charge in [0.2, 0.25) is 5.91 Å². The van der Waals surface area contributed by atoms with E-state index in [2.05, 4.69) is 17.0 Å². The molecule has 3 fully saturated rings. The Hall–Kier alpha value is -1.39. The van der Waals surface area contributed by atoms with Crippen LogP contribution < -0.4 is 0 Å². The molecular weight excluding hydrogens is 290 g/mol. The van der Waals surface area contributed by atoms with Gasteiger partial charge in [-0.25, -0.2) is 0 Å². The second-order valence-corrected chi connectivity index (χ2v) is 7.34. The van der Waals surface area contributed by atoms with Crippen molar-refractivity contribution in [1.82, 2.24) is 4.90 Å². The second-order valence-electron chi connectivity index (χ2n) is 7.34. The van der Waals surface area contributed by atoms with E-state index in [0.29, 0.717) is 19.1 Å². The third-order valence-electron chi connectivity index (χ3n) is 5.99. The number of ether oxygens (including phenoxy) is 2. The molecule has 4 nitrogen and oxygen atoms in total. The lowest BCUT2D eigenvalue weighted by Gasteiger charge is -2.39. The van der Waals surface area contributed by atoms with Crippen LogP contribution in [0.2, 0.25) is 0 Å². The topological polar surface area (TPSA) is 38.8 Å². The molecule has 0 aliphatic carbocycles. The Kier molecular flexibility index (Phi) is 3.90. The molecule has 1 amide bonds. The third-order valence-corrected chi connectivity index (χ3v) is 5.99. The molecule has 0 bridgehead atoms. The van der Waals surface area contributed by atoms with Gasteiger partial charge in [-0.15, -0.1) is 0 Å². The van der Waals surface area contributed by atoms with Crippen LogP contribution in [0.3, 0.4) is 0 Å². The Morgan fingerprint density at radius 3 is 2.39 bits per heavy atom. The summed E-state index contributed by atoms with van der Waals surface area (Å²) in [5.41, 5.74) is 0.973. The second kappa shape index (κ2) is 5.91. The molecule has 1 spiro atoms. The number of benzene rings is 1. The number of hydrogen-bond acceptors (Lipinski definition) is 3. The van der Waals surface area contributed by atoms with Crippen molar-refractivity contribution < 1.29 is 14.3 Å². The largest absolute Gasteiger partial charge is 0.381 e. The highest BCUT2D eigenvalue weighted by atomic mass is 16.5. The lowest BCUT2D eigenvalue weighted by molar-refractivity contribution is -0.140. The standard InChI is InChI=1S/C19H25NO3/c21-17(20-10-6-18(14-20)7-11-23-15-18)19(8-12-22-13-9-19)16-4-2-1-3-5-16/h1-5H,6-15H2/t18-/m0/s1. The molecule has 1 aromatic carbocycles. The van der Waals surface area contributed by atoms with Crippen molar-refractivity contribution in [2.24, 2.45) is 5.41 Å². The molecule has 0 unspecified atom stereocenters. The summed E-state index contributed by atoms with van der Waals surface area (Å²) < 4.78 is 11.2. The van der Waals surface area contributed by atoms with Crippen LogP contribution in [0.5, 0.6) is 0 Å². The van der Waals surface area contributed by atoms with E-state index < -0.39 is 5.41 Å². The summed E-state index contributed by atoms with van der Waals surface area (Å²) in [6, 6.07) is 10.3. The van der Waals surface area contributed by atoms with Gasteiger partial charge in [-0.05, 0) is 31.2 Å². The number of carbonyl (C=O) groups is 1. The van der Waals surface area contributed by atoms with Crippen molar-refractivity contribution in [2.75, 3.05) is 39.5 Å². The number of rotatable bonds is 2. The summed E-state index contributed by atoms with van der Waals surface area (Å²) in [6.45, 7) is 4.74. The molecule has 0 radical (unpaired) electrons. The quantitative estimate of drug-likeness (QED) is 0.841. The molecule has 124 valence electrons. The normalized spacial score (nSPS) is 30.0. The minimum Gasteiger partial charge on any atom is -0.381 e. The summed E-state index contributed by atoms with van der Waals surface area (Å²) >= 11 is 0. The van der Waals surface area contributed by atoms with Crippen LogP contribution in [0.1, 0.15) is 31.2 Å². The molecule has 23 heavy (non-hydrogen) atoms. The first-order chi connectivity index (χ1) is 11.2. The van der Waals surface area contributed by atoms with Gasteiger partial charge in [0, 0.05) is 38.3 Å². The van der Waals surface area contributed by atoms with E-state index >= 15 is 0 Å². The van der Waals surface area contributed by atoms with E-state index in [4.69, 9.17) is 9.47 Å². The maximum absolute atomic E-state index is 13.5. The Bertz CT molecular complexity index is 559. The minimum atomic E-state index is -0.398. The first-order valence-corrected chi connectivity index (χ1v) is 8.75. The van der Waals surface area contributed by atoms with Gasteiger partial charge < -0.3 is 14.4 Å². The molecular formula is C19H25NO3. The zero-order valence-electron chi connectivity index (χ0n) is 13.6. The van der Waals surface area contributed by atoms with Crippen LogP contribution in [0, 0.1) is 5.41 Å². The Morgan fingerprint density at radius 2 is 1.70 bits per heavy atom. The average Bonchev–Trinajstić information content (AvgIpc) is 3.26. The average molecular weight is 315 g/mol. The van der Waals surface area contributed by atoms with Gasteiger partial charge in [0.1, 0.15) is 0 Å². The van der Waals surface area contributed by atoms with E-state index in [1.165, 1.54) is 0 Å². The SMILES string of the molecule is O=C(N1CC[C@]2(CCOC2)C1)C1(c2ccccc2)CCOCC1. The molecule has 1 atom stereocenters. The molecule has 3 saturated heterocycles. The number of nitrogens with zero attached hydrogens (tertiary/aromatic N) is 1. The number of hydrogen-bond donors (Lipinski definition) is 0. The number of likely N-dealkylation sites (tertiary alicyclic amines) is 1. The predicted molar refractivity (Wildman–Crippen MR) is 87.2 cm³/mol. The molecule has 1 aromatic rings. The molecule has 3 aliphatic heterocycles. The van der Waals surface area contributed by atoms with Crippen LogP contribution in [-0.2, 0) is 19.7 Å². The van der Waals surface area contributed by atoms with Gasteiger partial charge >= 0.3 is 0 Å². The van der Waals surface area contributed by atoms with Crippen molar-refractivity contribution >= 4 is 5.91 Å². The molecule has 0 saturated carbocycles. The van der Waals surface area contributed by atoms with Crippen LogP contribution in [0.4, 0.5) is 0 Å². The van der Waals surface area contributed by atoms with Crippen molar-refractivity contribution in [3.63, 3.8) is 0 Å². The van der Waals surface area contributed by atoms with Crippen molar-refractivity contribution in [3.8, 4) is 0 Å². The van der Waals surface area contributed by atoms with E-state index in [1.54, 1.807) is 0 Å². The van der Waals surface area contributed by atoms with Crippen molar-refractivity contribution in [1.29, 1.82) is 0 Å². The van der Waals surface area contributed by atoms with Gasteiger partial charge in [-0.3, -0.25) is 4.79 Å². The van der Waals surface area contributed by atoms with E-state index in [1.807, 2.05) is 18.2 Å². The predicted octanol–water partition coefficient (Wildman–Crippen LogP) is 2.37. The third kappa shape index (κ3) is 2.58. The first-order valence-electron chi connectivity index (χ1n) is 8.75. The van der Waals surface area contributed by atoms with Crippen LogP contribution in [-0.4, -0.2) is 50.3 Å². The zero-order valence-corrected chi connectivity index (χ0v) is 13.6. The zero-order chi connectivity index (χ0) is 15.8.